The van der Waals surface area contributed by atoms with Crippen LogP contribution in [0.1, 0.15) is 22.5 Å². The van der Waals surface area contributed by atoms with Gasteiger partial charge in [0.25, 0.3) is 0 Å². The average Bonchev–Trinajstić information content (AvgIpc) is 3.21. The van der Waals surface area contributed by atoms with Gasteiger partial charge in [0.15, 0.2) is 0 Å². The van der Waals surface area contributed by atoms with Gasteiger partial charge in [0.1, 0.15) is 11.5 Å². The molecule has 0 unspecified atom stereocenters. The summed E-state index contributed by atoms with van der Waals surface area (Å²) in [7, 11) is 0. The second kappa shape index (κ2) is 9.04. The fourth-order valence-corrected chi connectivity index (χ4v) is 4.11. The molecule has 0 radical (unpaired) electrons. The number of rotatable bonds is 6. The van der Waals surface area contributed by atoms with Gasteiger partial charge in [-0.3, -0.25) is 0 Å². The van der Waals surface area contributed by atoms with Gasteiger partial charge in [-0.2, -0.15) is 0 Å². The molecule has 3 aromatic heterocycles. The highest BCUT2D eigenvalue weighted by Crippen LogP contribution is 2.22. The molecular weight excluding hydrogens is 410 g/mol. The van der Waals surface area contributed by atoms with Crippen molar-refractivity contribution in [2.24, 2.45) is 0 Å². The summed E-state index contributed by atoms with van der Waals surface area (Å²) in [6.07, 6.45) is 9.95. The normalized spacial score (nSPS) is 14.3. The maximum atomic E-state index is 6.10. The first-order chi connectivity index (χ1) is 15.2. The fraction of sp³-hybridized carbons (Fsp3) is 0.292. The third kappa shape index (κ3) is 4.70. The molecule has 5 rings (SSSR count). The lowest BCUT2D eigenvalue weighted by molar-refractivity contribution is 0.122. The molecule has 4 heterocycles. The predicted molar refractivity (Wildman–Crippen MR) is 123 cm³/mol. The third-order valence-electron chi connectivity index (χ3n) is 5.69. The first kappa shape index (κ1) is 20.0. The van der Waals surface area contributed by atoms with E-state index in [2.05, 4.69) is 49.1 Å². The number of morpholine rings is 1. The van der Waals surface area contributed by atoms with Crippen molar-refractivity contribution in [3.05, 3.63) is 82.7 Å². The first-order valence-corrected chi connectivity index (χ1v) is 11.0. The Hall–Kier alpha value is -2.96. The lowest BCUT2D eigenvalue weighted by atomic mass is 10.1. The molecule has 0 amide bonds. The van der Waals surface area contributed by atoms with Crippen molar-refractivity contribution < 1.29 is 4.74 Å². The number of fused-ring (bicyclic) bond motifs is 1. The van der Waals surface area contributed by atoms with Crippen molar-refractivity contribution in [2.75, 3.05) is 31.2 Å². The fourth-order valence-electron chi connectivity index (χ4n) is 3.95. The predicted octanol–water partition coefficient (Wildman–Crippen LogP) is 4.22. The standard InChI is InChI=1S/C24H24ClN5O/c25-20-12-22-19(15-28-24(22)29-16-20)11-18-13-26-23(27-14-18)6-3-17-1-4-21(5-2-17)30-7-9-31-10-8-30/h1-2,4-5,12-16H,3,6-11H2,(H,28,29). The van der Waals surface area contributed by atoms with E-state index in [1.54, 1.807) is 6.20 Å². The minimum atomic E-state index is 0.637. The van der Waals surface area contributed by atoms with Gasteiger partial charge in [-0.15, -0.1) is 0 Å². The zero-order valence-electron chi connectivity index (χ0n) is 17.2. The average molecular weight is 434 g/mol. The topological polar surface area (TPSA) is 66.9 Å². The van der Waals surface area contributed by atoms with Gasteiger partial charge in [-0.05, 0) is 41.3 Å². The Morgan fingerprint density at radius 1 is 0.935 bits per heavy atom. The number of aromatic amines is 1. The van der Waals surface area contributed by atoms with Crippen LogP contribution in [0.15, 0.2) is 55.1 Å². The van der Waals surface area contributed by atoms with Crippen LogP contribution in [0, 0.1) is 0 Å². The number of anilines is 1. The summed E-state index contributed by atoms with van der Waals surface area (Å²) in [6.45, 7) is 3.53. The number of pyridine rings is 1. The van der Waals surface area contributed by atoms with Gasteiger partial charge in [-0.1, -0.05) is 23.7 Å². The van der Waals surface area contributed by atoms with E-state index in [0.717, 1.165) is 73.6 Å². The molecular formula is C24H24ClN5O. The molecule has 1 aromatic carbocycles. The van der Waals surface area contributed by atoms with Crippen molar-refractivity contribution >= 4 is 28.3 Å². The molecule has 1 fully saturated rings. The second-order valence-corrected chi connectivity index (χ2v) is 8.25. The Morgan fingerprint density at radius 3 is 2.48 bits per heavy atom. The molecule has 31 heavy (non-hydrogen) atoms. The Bertz CT molecular complexity index is 1150. The number of hydrogen-bond donors (Lipinski definition) is 1. The first-order valence-electron chi connectivity index (χ1n) is 10.6. The van der Waals surface area contributed by atoms with Crippen LogP contribution in [0.3, 0.4) is 0 Å². The molecule has 1 aliphatic rings. The monoisotopic (exact) mass is 433 g/mol. The Morgan fingerprint density at radius 2 is 1.71 bits per heavy atom. The lowest BCUT2D eigenvalue weighted by Gasteiger charge is -2.28. The smallest absolute Gasteiger partial charge is 0.137 e. The summed E-state index contributed by atoms with van der Waals surface area (Å²) in [5.74, 6) is 0.865. The largest absolute Gasteiger partial charge is 0.378 e. The molecule has 0 aliphatic carbocycles. The van der Waals surface area contributed by atoms with E-state index >= 15 is 0 Å². The summed E-state index contributed by atoms with van der Waals surface area (Å²) < 4.78 is 5.43. The highest BCUT2D eigenvalue weighted by molar-refractivity contribution is 6.31. The van der Waals surface area contributed by atoms with Gasteiger partial charge in [0.05, 0.1) is 18.2 Å². The summed E-state index contributed by atoms with van der Waals surface area (Å²) in [4.78, 5) is 19.0. The number of halogens is 1. The quantitative estimate of drug-likeness (QED) is 0.493. The van der Waals surface area contributed by atoms with Gasteiger partial charge in [0, 0.05) is 61.8 Å². The third-order valence-corrected chi connectivity index (χ3v) is 5.89. The molecule has 0 bridgehead atoms. The van der Waals surface area contributed by atoms with Gasteiger partial charge in [-0.25, -0.2) is 15.0 Å². The van der Waals surface area contributed by atoms with Crippen LogP contribution in [0.4, 0.5) is 5.69 Å². The van der Waals surface area contributed by atoms with Crippen LogP contribution in [0.2, 0.25) is 5.02 Å². The van der Waals surface area contributed by atoms with Crippen LogP contribution in [-0.2, 0) is 24.0 Å². The molecule has 7 heteroatoms. The Labute approximate surface area is 186 Å². The molecule has 0 spiro atoms. The minimum absolute atomic E-state index is 0.637. The van der Waals surface area contributed by atoms with Crippen LogP contribution in [0.25, 0.3) is 11.0 Å². The summed E-state index contributed by atoms with van der Waals surface area (Å²) in [6, 6.07) is 10.7. The molecule has 6 nitrogen and oxygen atoms in total. The van der Waals surface area contributed by atoms with E-state index in [1.165, 1.54) is 11.3 Å². The lowest BCUT2D eigenvalue weighted by Crippen LogP contribution is -2.36. The van der Waals surface area contributed by atoms with Crippen molar-refractivity contribution in [3.63, 3.8) is 0 Å². The van der Waals surface area contributed by atoms with Crippen LogP contribution in [0.5, 0.6) is 0 Å². The van der Waals surface area contributed by atoms with Crippen molar-refractivity contribution in [2.45, 2.75) is 19.3 Å². The van der Waals surface area contributed by atoms with E-state index in [4.69, 9.17) is 16.3 Å². The Kier molecular flexibility index (Phi) is 5.82. The number of nitrogens with zero attached hydrogens (tertiary/aromatic N) is 4. The molecule has 0 atom stereocenters. The van der Waals surface area contributed by atoms with E-state index in [9.17, 15) is 0 Å². The van der Waals surface area contributed by atoms with Crippen molar-refractivity contribution in [1.29, 1.82) is 0 Å². The van der Waals surface area contributed by atoms with Crippen molar-refractivity contribution in [1.82, 2.24) is 19.9 Å². The Balaban J connectivity index is 1.19. The number of aromatic nitrogens is 4. The van der Waals surface area contributed by atoms with E-state index in [-0.39, 0.29) is 0 Å². The second-order valence-electron chi connectivity index (χ2n) is 7.81. The van der Waals surface area contributed by atoms with Gasteiger partial charge < -0.3 is 14.6 Å². The molecule has 1 aliphatic heterocycles. The van der Waals surface area contributed by atoms with E-state index in [0.29, 0.717) is 5.02 Å². The number of benzene rings is 1. The molecule has 1 N–H and O–H groups in total. The van der Waals surface area contributed by atoms with Crippen molar-refractivity contribution in [3.8, 4) is 0 Å². The van der Waals surface area contributed by atoms with Crippen LogP contribution >= 0.6 is 11.6 Å². The highest BCUT2D eigenvalue weighted by Gasteiger charge is 2.11. The molecule has 1 saturated heterocycles. The van der Waals surface area contributed by atoms with Crippen LogP contribution < -0.4 is 4.90 Å². The number of ether oxygens (including phenoxy) is 1. The molecule has 158 valence electrons. The molecule has 4 aromatic rings. The number of hydrogen-bond acceptors (Lipinski definition) is 5. The van der Waals surface area contributed by atoms with Gasteiger partial charge >= 0.3 is 0 Å². The maximum Gasteiger partial charge on any atom is 0.137 e. The zero-order valence-corrected chi connectivity index (χ0v) is 18.0. The molecule has 0 saturated carbocycles. The summed E-state index contributed by atoms with van der Waals surface area (Å²) in [5, 5.41) is 1.68. The summed E-state index contributed by atoms with van der Waals surface area (Å²) >= 11 is 6.10. The zero-order chi connectivity index (χ0) is 21.0. The van der Waals surface area contributed by atoms with E-state index < -0.39 is 0 Å². The van der Waals surface area contributed by atoms with E-state index in [1.807, 2.05) is 24.7 Å². The summed E-state index contributed by atoms with van der Waals surface area (Å²) in [5.41, 5.74) is 5.62. The maximum absolute atomic E-state index is 6.10. The minimum Gasteiger partial charge on any atom is -0.378 e. The number of nitrogens with one attached hydrogen (secondary N) is 1. The van der Waals surface area contributed by atoms with Gasteiger partial charge in [0.2, 0.25) is 0 Å². The number of aryl methyl sites for hydroxylation is 2. The SMILES string of the molecule is Clc1cnc2[nH]cc(Cc3cnc(CCc4ccc(N5CCOCC5)cc4)nc3)c2c1. The highest BCUT2D eigenvalue weighted by atomic mass is 35.5. The van der Waals surface area contributed by atoms with Crippen LogP contribution in [-0.4, -0.2) is 46.2 Å². The number of H-pyrrole nitrogens is 1.